The van der Waals surface area contributed by atoms with Crippen molar-refractivity contribution in [3.05, 3.63) is 0 Å². The number of aliphatic hydroxyl groups is 1. The summed E-state index contributed by atoms with van der Waals surface area (Å²) >= 11 is 0. The Labute approximate surface area is 121 Å². The maximum Gasteiger partial charge on any atom is 0.0558 e. The van der Waals surface area contributed by atoms with Crippen LogP contribution < -0.4 is 0 Å². The van der Waals surface area contributed by atoms with E-state index in [-0.39, 0.29) is 17.7 Å². The van der Waals surface area contributed by atoms with E-state index in [1.54, 1.807) is 0 Å². The fourth-order valence-corrected chi connectivity index (χ4v) is 2.84. The molecule has 3 heteroatoms. The third kappa shape index (κ3) is 6.73. The van der Waals surface area contributed by atoms with Gasteiger partial charge < -0.3 is 5.11 Å². The van der Waals surface area contributed by atoms with Crippen LogP contribution >= 0.6 is 0 Å². The van der Waals surface area contributed by atoms with E-state index in [1.165, 1.54) is 12.8 Å². The number of nitrogens with zero attached hydrogens (tertiary/aromatic N) is 2. The van der Waals surface area contributed by atoms with Gasteiger partial charge in [0.1, 0.15) is 0 Å². The van der Waals surface area contributed by atoms with Crippen molar-refractivity contribution in [3.8, 4) is 0 Å². The van der Waals surface area contributed by atoms with Crippen molar-refractivity contribution in [3.63, 3.8) is 0 Å². The SMILES string of the molecule is CCN(CCCC(C)(C)N(CC)CCO)C(C)(C)C. The summed E-state index contributed by atoms with van der Waals surface area (Å²) in [4.78, 5) is 4.91. The number of hydrogen-bond acceptors (Lipinski definition) is 3. The Kier molecular flexibility index (Phi) is 8.18. The smallest absolute Gasteiger partial charge is 0.0558 e. The topological polar surface area (TPSA) is 26.7 Å². The summed E-state index contributed by atoms with van der Waals surface area (Å²) in [6.45, 7) is 20.1. The van der Waals surface area contributed by atoms with Gasteiger partial charge in [-0.15, -0.1) is 0 Å². The van der Waals surface area contributed by atoms with Crippen LogP contribution in [0.3, 0.4) is 0 Å². The first-order valence-electron chi connectivity index (χ1n) is 7.80. The largest absolute Gasteiger partial charge is 0.395 e. The molecule has 0 heterocycles. The molecule has 0 saturated heterocycles. The molecule has 0 radical (unpaired) electrons. The molecule has 0 aromatic rings. The second-order valence-corrected chi connectivity index (χ2v) is 6.97. The van der Waals surface area contributed by atoms with Crippen LogP contribution in [0.15, 0.2) is 0 Å². The third-order valence-corrected chi connectivity index (χ3v) is 4.15. The number of aliphatic hydroxyl groups excluding tert-OH is 1. The zero-order chi connectivity index (χ0) is 15.1. The van der Waals surface area contributed by atoms with E-state index in [0.717, 1.165) is 26.2 Å². The predicted molar refractivity (Wildman–Crippen MR) is 84.6 cm³/mol. The molecule has 0 unspecified atom stereocenters. The molecule has 3 nitrogen and oxygen atoms in total. The fourth-order valence-electron chi connectivity index (χ4n) is 2.84. The first kappa shape index (κ1) is 18.9. The molecule has 0 aliphatic rings. The van der Waals surface area contributed by atoms with Crippen molar-refractivity contribution < 1.29 is 5.11 Å². The summed E-state index contributed by atoms with van der Waals surface area (Å²) in [5, 5.41) is 9.14. The van der Waals surface area contributed by atoms with Gasteiger partial charge in [-0.2, -0.15) is 0 Å². The molecule has 0 aromatic carbocycles. The van der Waals surface area contributed by atoms with Crippen LogP contribution in [0, 0.1) is 0 Å². The zero-order valence-electron chi connectivity index (χ0n) is 14.3. The maximum absolute atomic E-state index is 9.14. The second-order valence-electron chi connectivity index (χ2n) is 6.97. The highest BCUT2D eigenvalue weighted by atomic mass is 16.3. The van der Waals surface area contributed by atoms with Crippen LogP contribution in [0.4, 0.5) is 0 Å². The average molecular weight is 272 g/mol. The predicted octanol–water partition coefficient (Wildman–Crippen LogP) is 2.98. The van der Waals surface area contributed by atoms with E-state index in [1.807, 2.05) is 0 Å². The highest BCUT2D eigenvalue weighted by molar-refractivity contribution is 4.82. The van der Waals surface area contributed by atoms with Gasteiger partial charge in [0.25, 0.3) is 0 Å². The lowest BCUT2D eigenvalue weighted by Crippen LogP contribution is -2.46. The average Bonchev–Trinajstić information content (AvgIpc) is 2.29. The van der Waals surface area contributed by atoms with Crippen LogP contribution in [-0.2, 0) is 0 Å². The summed E-state index contributed by atoms with van der Waals surface area (Å²) < 4.78 is 0. The minimum absolute atomic E-state index is 0.175. The molecule has 0 rings (SSSR count). The van der Waals surface area contributed by atoms with E-state index < -0.39 is 0 Å². The molecule has 116 valence electrons. The molecule has 0 aromatic heterocycles. The van der Waals surface area contributed by atoms with Gasteiger partial charge in [0.15, 0.2) is 0 Å². The summed E-state index contributed by atoms with van der Waals surface area (Å²) in [7, 11) is 0. The van der Waals surface area contributed by atoms with Crippen molar-refractivity contribution in [2.45, 2.75) is 72.4 Å². The molecule has 0 amide bonds. The number of rotatable bonds is 9. The summed E-state index contributed by atoms with van der Waals surface area (Å²) in [5.41, 5.74) is 0.434. The van der Waals surface area contributed by atoms with Crippen molar-refractivity contribution in [1.82, 2.24) is 9.80 Å². The van der Waals surface area contributed by atoms with Gasteiger partial charge in [-0.25, -0.2) is 0 Å². The quantitative estimate of drug-likeness (QED) is 0.699. The second kappa shape index (κ2) is 8.23. The van der Waals surface area contributed by atoms with Crippen LogP contribution in [-0.4, -0.2) is 58.8 Å². The summed E-state index contributed by atoms with van der Waals surface area (Å²) in [5.74, 6) is 0. The first-order valence-corrected chi connectivity index (χ1v) is 7.80. The number of β-amino-alcohol motifs (C(OH)–C–C–N with tert-alkyl or cyclic N) is 1. The molecule has 0 aliphatic heterocycles. The van der Waals surface area contributed by atoms with E-state index in [0.29, 0.717) is 0 Å². The van der Waals surface area contributed by atoms with Gasteiger partial charge in [-0.1, -0.05) is 13.8 Å². The molecule has 0 fully saturated rings. The Morgan fingerprint density at radius 2 is 1.37 bits per heavy atom. The van der Waals surface area contributed by atoms with Crippen molar-refractivity contribution in [2.75, 3.05) is 32.8 Å². The molecular weight excluding hydrogens is 236 g/mol. The van der Waals surface area contributed by atoms with Crippen LogP contribution in [0.5, 0.6) is 0 Å². The highest BCUT2D eigenvalue weighted by Crippen LogP contribution is 2.22. The molecule has 0 spiro atoms. The molecule has 0 bridgehead atoms. The lowest BCUT2D eigenvalue weighted by molar-refractivity contribution is 0.0799. The Morgan fingerprint density at radius 3 is 1.74 bits per heavy atom. The van der Waals surface area contributed by atoms with Crippen molar-refractivity contribution >= 4 is 0 Å². The van der Waals surface area contributed by atoms with Gasteiger partial charge in [-0.05, 0) is 67.1 Å². The summed E-state index contributed by atoms with van der Waals surface area (Å²) in [6.07, 6.45) is 2.38. The maximum atomic E-state index is 9.14. The minimum Gasteiger partial charge on any atom is -0.395 e. The lowest BCUT2D eigenvalue weighted by Gasteiger charge is -2.39. The number of hydrogen-bond donors (Lipinski definition) is 1. The lowest BCUT2D eigenvalue weighted by atomic mass is 9.95. The van der Waals surface area contributed by atoms with E-state index in [4.69, 9.17) is 5.11 Å². The molecule has 0 saturated carbocycles. The van der Waals surface area contributed by atoms with Crippen molar-refractivity contribution in [1.29, 1.82) is 0 Å². The zero-order valence-corrected chi connectivity index (χ0v) is 14.3. The normalized spacial score (nSPS) is 13.6. The van der Waals surface area contributed by atoms with Crippen molar-refractivity contribution in [2.24, 2.45) is 0 Å². The monoisotopic (exact) mass is 272 g/mol. The van der Waals surface area contributed by atoms with Gasteiger partial charge in [0.05, 0.1) is 6.61 Å². The van der Waals surface area contributed by atoms with E-state index in [9.17, 15) is 0 Å². The van der Waals surface area contributed by atoms with E-state index >= 15 is 0 Å². The first-order chi connectivity index (χ1) is 8.69. The number of likely N-dealkylation sites (N-methyl/N-ethyl adjacent to an activating group) is 1. The van der Waals surface area contributed by atoms with Crippen LogP contribution in [0.1, 0.15) is 61.3 Å². The van der Waals surface area contributed by atoms with Gasteiger partial charge in [-0.3, -0.25) is 9.80 Å². The standard InChI is InChI=1S/C16H36N2O/c1-8-17(15(3,4)5)12-10-11-16(6,7)18(9-2)13-14-19/h19H,8-14H2,1-7H3. The Bertz CT molecular complexity index is 233. The Morgan fingerprint density at radius 1 is 0.842 bits per heavy atom. The minimum atomic E-state index is 0.175. The summed E-state index contributed by atoms with van der Waals surface area (Å²) in [6, 6.07) is 0. The van der Waals surface area contributed by atoms with E-state index in [2.05, 4.69) is 58.3 Å². The Balaban J connectivity index is 4.30. The molecule has 1 N–H and O–H groups in total. The van der Waals surface area contributed by atoms with Crippen LogP contribution in [0.25, 0.3) is 0 Å². The fraction of sp³-hybridized carbons (Fsp3) is 1.00. The molecule has 0 atom stereocenters. The van der Waals surface area contributed by atoms with Gasteiger partial charge in [0, 0.05) is 17.6 Å². The molecule has 19 heavy (non-hydrogen) atoms. The third-order valence-electron chi connectivity index (χ3n) is 4.15. The Hall–Kier alpha value is -0.120. The highest BCUT2D eigenvalue weighted by Gasteiger charge is 2.26. The van der Waals surface area contributed by atoms with Crippen LogP contribution in [0.2, 0.25) is 0 Å². The molecular formula is C16H36N2O. The van der Waals surface area contributed by atoms with Gasteiger partial charge >= 0.3 is 0 Å². The molecule has 0 aliphatic carbocycles. The van der Waals surface area contributed by atoms with Gasteiger partial charge in [0.2, 0.25) is 0 Å².